The fourth-order valence-corrected chi connectivity index (χ4v) is 1.85. The molecule has 2 rings (SSSR count). The van der Waals surface area contributed by atoms with Gasteiger partial charge in [-0.1, -0.05) is 13.8 Å². The molecule has 0 unspecified atom stereocenters. The first kappa shape index (κ1) is 12.8. The van der Waals surface area contributed by atoms with Gasteiger partial charge < -0.3 is 10.0 Å². The van der Waals surface area contributed by atoms with Gasteiger partial charge in [0.25, 0.3) is 0 Å². The van der Waals surface area contributed by atoms with E-state index in [1.807, 2.05) is 0 Å². The molecule has 1 aliphatic rings. The molecular formula is C13H19N3O2. The summed E-state index contributed by atoms with van der Waals surface area (Å²) >= 11 is 0. The summed E-state index contributed by atoms with van der Waals surface area (Å²) in [6.45, 7) is 5.36. The SMILES string of the molecule is CC(C)CCN(c1cnc(C(=O)O)cn1)C1CC1. The molecule has 0 amide bonds. The van der Waals surface area contributed by atoms with E-state index < -0.39 is 5.97 Å². The van der Waals surface area contributed by atoms with Crippen molar-refractivity contribution in [1.29, 1.82) is 0 Å². The zero-order valence-corrected chi connectivity index (χ0v) is 10.8. The summed E-state index contributed by atoms with van der Waals surface area (Å²) in [6, 6.07) is 0.564. The third-order valence-corrected chi connectivity index (χ3v) is 3.09. The normalized spacial score (nSPS) is 14.8. The number of carboxylic acids is 1. The summed E-state index contributed by atoms with van der Waals surface area (Å²) in [5.41, 5.74) is -0.00152. The quantitative estimate of drug-likeness (QED) is 0.837. The Kier molecular flexibility index (Phi) is 3.79. The maximum Gasteiger partial charge on any atom is 0.356 e. The van der Waals surface area contributed by atoms with E-state index >= 15 is 0 Å². The van der Waals surface area contributed by atoms with Gasteiger partial charge in [0, 0.05) is 12.6 Å². The van der Waals surface area contributed by atoms with Crippen LogP contribution in [0.15, 0.2) is 12.4 Å². The highest BCUT2D eigenvalue weighted by molar-refractivity contribution is 5.84. The molecule has 0 radical (unpaired) electrons. The number of carbonyl (C=O) groups is 1. The molecule has 1 aromatic rings. The van der Waals surface area contributed by atoms with Crippen LogP contribution in [-0.2, 0) is 0 Å². The van der Waals surface area contributed by atoms with Crippen molar-refractivity contribution in [2.24, 2.45) is 5.92 Å². The minimum atomic E-state index is -1.03. The maximum atomic E-state index is 10.7. The number of aromatic carboxylic acids is 1. The summed E-state index contributed by atoms with van der Waals surface area (Å²) in [5, 5.41) is 8.80. The molecule has 0 aromatic carbocycles. The van der Waals surface area contributed by atoms with E-state index in [0.29, 0.717) is 12.0 Å². The lowest BCUT2D eigenvalue weighted by Crippen LogP contribution is -2.28. The summed E-state index contributed by atoms with van der Waals surface area (Å²) in [4.78, 5) is 21.1. The summed E-state index contributed by atoms with van der Waals surface area (Å²) in [6.07, 6.45) is 6.41. The number of hydrogen-bond acceptors (Lipinski definition) is 4. The Labute approximate surface area is 107 Å². The maximum absolute atomic E-state index is 10.7. The molecule has 1 aliphatic carbocycles. The third-order valence-electron chi connectivity index (χ3n) is 3.09. The monoisotopic (exact) mass is 249 g/mol. The zero-order valence-electron chi connectivity index (χ0n) is 10.8. The second kappa shape index (κ2) is 5.33. The van der Waals surface area contributed by atoms with Crippen LogP contribution in [0, 0.1) is 5.92 Å². The van der Waals surface area contributed by atoms with Gasteiger partial charge >= 0.3 is 5.97 Å². The molecule has 0 aliphatic heterocycles. The molecular weight excluding hydrogens is 230 g/mol. The standard InChI is InChI=1S/C13H19N3O2/c1-9(2)5-6-16(10-3-4-10)12-8-14-11(7-15-12)13(17)18/h7-10H,3-6H2,1-2H3,(H,17,18). The summed E-state index contributed by atoms with van der Waals surface area (Å²) in [5.74, 6) is 0.412. The highest BCUT2D eigenvalue weighted by atomic mass is 16.4. The first-order valence-electron chi connectivity index (χ1n) is 6.40. The van der Waals surface area contributed by atoms with Crippen LogP contribution in [-0.4, -0.2) is 33.6 Å². The fourth-order valence-electron chi connectivity index (χ4n) is 1.85. The lowest BCUT2D eigenvalue weighted by molar-refractivity contribution is 0.0690. The van der Waals surface area contributed by atoms with Crippen LogP contribution in [0.4, 0.5) is 5.82 Å². The Morgan fingerprint density at radius 2 is 2.17 bits per heavy atom. The molecule has 1 saturated carbocycles. The zero-order chi connectivity index (χ0) is 13.1. The van der Waals surface area contributed by atoms with Crippen molar-refractivity contribution in [2.75, 3.05) is 11.4 Å². The van der Waals surface area contributed by atoms with Crippen molar-refractivity contribution in [3.63, 3.8) is 0 Å². The smallest absolute Gasteiger partial charge is 0.356 e. The molecule has 0 saturated heterocycles. The van der Waals surface area contributed by atoms with Gasteiger partial charge in [-0.3, -0.25) is 0 Å². The summed E-state index contributed by atoms with van der Waals surface area (Å²) < 4.78 is 0. The van der Waals surface area contributed by atoms with Crippen molar-refractivity contribution in [3.8, 4) is 0 Å². The van der Waals surface area contributed by atoms with E-state index in [-0.39, 0.29) is 5.69 Å². The molecule has 1 fully saturated rings. The van der Waals surface area contributed by atoms with E-state index in [9.17, 15) is 4.79 Å². The Bertz CT molecular complexity index is 413. The van der Waals surface area contributed by atoms with Crippen molar-refractivity contribution >= 4 is 11.8 Å². The predicted molar refractivity (Wildman–Crippen MR) is 68.8 cm³/mol. The Hall–Kier alpha value is -1.65. The van der Waals surface area contributed by atoms with Gasteiger partial charge in [0.2, 0.25) is 0 Å². The van der Waals surface area contributed by atoms with Crippen molar-refractivity contribution in [1.82, 2.24) is 9.97 Å². The minimum absolute atomic E-state index is 0.00152. The average molecular weight is 249 g/mol. The molecule has 98 valence electrons. The van der Waals surface area contributed by atoms with E-state index in [0.717, 1.165) is 18.8 Å². The van der Waals surface area contributed by atoms with E-state index in [1.54, 1.807) is 6.20 Å². The molecule has 18 heavy (non-hydrogen) atoms. The minimum Gasteiger partial charge on any atom is -0.476 e. The van der Waals surface area contributed by atoms with E-state index in [2.05, 4.69) is 28.7 Å². The number of aromatic nitrogens is 2. The van der Waals surface area contributed by atoms with Crippen LogP contribution >= 0.6 is 0 Å². The van der Waals surface area contributed by atoms with Gasteiger partial charge in [0.1, 0.15) is 5.82 Å². The largest absolute Gasteiger partial charge is 0.476 e. The van der Waals surface area contributed by atoms with Crippen LogP contribution in [0.5, 0.6) is 0 Å². The lowest BCUT2D eigenvalue weighted by Gasteiger charge is -2.24. The highest BCUT2D eigenvalue weighted by Crippen LogP contribution is 2.30. The fraction of sp³-hybridized carbons (Fsp3) is 0.615. The van der Waals surface area contributed by atoms with E-state index in [4.69, 9.17) is 5.11 Å². The van der Waals surface area contributed by atoms with Crippen molar-refractivity contribution in [3.05, 3.63) is 18.1 Å². The van der Waals surface area contributed by atoms with Gasteiger partial charge in [-0.15, -0.1) is 0 Å². The topological polar surface area (TPSA) is 66.3 Å². The number of nitrogens with zero attached hydrogens (tertiary/aromatic N) is 3. The number of anilines is 1. The average Bonchev–Trinajstić information content (AvgIpc) is 3.14. The molecule has 0 atom stereocenters. The predicted octanol–water partition coefficient (Wildman–Crippen LogP) is 2.19. The second-order valence-corrected chi connectivity index (χ2v) is 5.17. The molecule has 5 nitrogen and oxygen atoms in total. The van der Waals surface area contributed by atoms with E-state index in [1.165, 1.54) is 19.0 Å². The Balaban J connectivity index is 2.07. The van der Waals surface area contributed by atoms with Crippen LogP contribution in [0.25, 0.3) is 0 Å². The van der Waals surface area contributed by atoms with Crippen molar-refractivity contribution < 1.29 is 9.90 Å². The van der Waals surface area contributed by atoms with Gasteiger partial charge in [-0.25, -0.2) is 14.8 Å². The van der Waals surface area contributed by atoms with Gasteiger partial charge in [-0.2, -0.15) is 0 Å². The van der Waals surface area contributed by atoms with Crippen molar-refractivity contribution in [2.45, 2.75) is 39.2 Å². The molecule has 5 heteroatoms. The molecule has 0 bridgehead atoms. The Morgan fingerprint density at radius 3 is 2.61 bits per heavy atom. The molecule has 1 aromatic heterocycles. The highest BCUT2D eigenvalue weighted by Gasteiger charge is 2.30. The first-order chi connectivity index (χ1) is 8.58. The Morgan fingerprint density at radius 1 is 1.44 bits per heavy atom. The number of rotatable bonds is 6. The van der Waals surface area contributed by atoms with Crippen LogP contribution in [0.1, 0.15) is 43.6 Å². The first-order valence-corrected chi connectivity index (χ1v) is 6.40. The molecule has 1 heterocycles. The third kappa shape index (κ3) is 3.18. The van der Waals surface area contributed by atoms with Gasteiger partial charge in [-0.05, 0) is 25.2 Å². The van der Waals surface area contributed by atoms with Crippen LogP contribution in [0.3, 0.4) is 0 Å². The lowest BCUT2D eigenvalue weighted by atomic mass is 10.1. The van der Waals surface area contributed by atoms with Crippen LogP contribution < -0.4 is 4.90 Å². The molecule has 1 N–H and O–H groups in total. The van der Waals surface area contributed by atoms with Crippen LogP contribution in [0.2, 0.25) is 0 Å². The number of hydrogen-bond donors (Lipinski definition) is 1. The summed E-state index contributed by atoms with van der Waals surface area (Å²) in [7, 11) is 0. The van der Waals surface area contributed by atoms with Gasteiger partial charge in [0.05, 0.1) is 12.4 Å². The number of carboxylic acid groups (broad SMARTS) is 1. The van der Waals surface area contributed by atoms with Gasteiger partial charge in [0.15, 0.2) is 5.69 Å². The molecule has 0 spiro atoms. The second-order valence-electron chi connectivity index (χ2n) is 5.17.